The van der Waals surface area contributed by atoms with Gasteiger partial charge in [0.25, 0.3) is 0 Å². The van der Waals surface area contributed by atoms with Crippen LogP contribution in [0.4, 0.5) is 0 Å². The van der Waals surface area contributed by atoms with Crippen LogP contribution in [0.15, 0.2) is 0 Å². The van der Waals surface area contributed by atoms with Crippen LogP contribution in [0.1, 0.15) is 104 Å². The van der Waals surface area contributed by atoms with E-state index in [0.29, 0.717) is 23.9 Å². The van der Waals surface area contributed by atoms with E-state index in [0.717, 1.165) is 19.3 Å². The van der Waals surface area contributed by atoms with Gasteiger partial charge in [-0.2, -0.15) is 0 Å². The Balaban J connectivity index is 4.44. The summed E-state index contributed by atoms with van der Waals surface area (Å²) in [6.07, 6.45) is 12.7. The first-order valence-electron chi connectivity index (χ1n) is 13.8. The largest absolute Gasteiger partial charge is 0.472 e. The van der Waals surface area contributed by atoms with E-state index in [-0.39, 0.29) is 26.1 Å². The zero-order valence-electron chi connectivity index (χ0n) is 23.5. The van der Waals surface area contributed by atoms with E-state index in [1.54, 1.807) is 0 Å². The molecule has 0 saturated carbocycles. The number of phosphoric acid groups is 1. The van der Waals surface area contributed by atoms with Crippen molar-refractivity contribution in [2.75, 3.05) is 47.5 Å². The third-order valence-electron chi connectivity index (χ3n) is 5.64. The van der Waals surface area contributed by atoms with E-state index in [1.807, 2.05) is 28.1 Å². The fraction of sp³-hybridized carbons (Fsp3) is 0.923. The maximum Gasteiger partial charge on any atom is 0.472 e. The molecule has 0 fully saturated rings. The highest BCUT2D eigenvalue weighted by Crippen LogP contribution is 2.43. The van der Waals surface area contributed by atoms with E-state index in [9.17, 15) is 19.0 Å². The molecule has 0 spiro atoms. The number of ether oxygens (including phenoxy) is 2. The molecule has 0 amide bonds. The zero-order chi connectivity index (χ0) is 27.3. The molecule has 0 saturated heterocycles. The molecule has 0 aromatic heterocycles. The first kappa shape index (κ1) is 35.0. The van der Waals surface area contributed by atoms with Crippen molar-refractivity contribution in [3.8, 4) is 0 Å². The number of carbonyl (C=O) groups is 2. The number of rotatable bonds is 24. The van der Waals surface area contributed by atoms with Crippen molar-refractivity contribution in [3.63, 3.8) is 0 Å². The molecule has 10 heteroatoms. The Kier molecular flexibility index (Phi) is 20.4. The van der Waals surface area contributed by atoms with Crippen molar-refractivity contribution in [1.29, 1.82) is 0 Å². The lowest BCUT2D eigenvalue weighted by Crippen LogP contribution is -2.37. The molecule has 0 aromatic carbocycles. The zero-order valence-corrected chi connectivity index (χ0v) is 24.4. The van der Waals surface area contributed by atoms with Crippen LogP contribution in [-0.4, -0.2) is 74.9 Å². The summed E-state index contributed by atoms with van der Waals surface area (Å²) < 4.78 is 33.4. The standard InChI is InChI=1S/C26H52NO8P/c1-6-8-10-11-12-13-14-15-16-17-19-26(29)35-24(22-32-25(28)18-9-7-2)23-34-36(30,31)33-21-20-27(3,4)5/h24H,6-23H2,1-5H3/p+1. The lowest BCUT2D eigenvalue weighted by atomic mass is 10.1. The minimum atomic E-state index is -4.33. The molecule has 0 radical (unpaired) electrons. The first-order valence-corrected chi connectivity index (χ1v) is 15.3. The summed E-state index contributed by atoms with van der Waals surface area (Å²) in [5.41, 5.74) is 0. The van der Waals surface area contributed by atoms with Crippen LogP contribution in [0.3, 0.4) is 0 Å². The normalized spacial score (nSPS) is 14.3. The smallest absolute Gasteiger partial charge is 0.462 e. The molecule has 2 atom stereocenters. The molecular weight excluding hydrogens is 485 g/mol. The van der Waals surface area contributed by atoms with E-state index < -0.39 is 32.5 Å². The number of hydrogen-bond donors (Lipinski definition) is 1. The SMILES string of the molecule is CCCCCCCCCCCCC(=O)OC(COC(=O)CCCC)COP(=O)(O)OCC[N+](C)(C)C. The number of nitrogens with zero attached hydrogens (tertiary/aromatic N) is 1. The number of quaternary nitrogens is 1. The number of likely N-dealkylation sites (N-methyl/N-ethyl adjacent to an activating group) is 1. The van der Waals surface area contributed by atoms with Crippen molar-refractivity contribution < 1.29 is 42.1 Å². The van der Waals surface area contributed by atoms with Gasteiger partial charge in [-0.15, -0.1) is 0 Å². The van der Waals surface area contributed by atoms with Crippen molar-refractivity contribution >= 4 is 19.8 Å². The van der Waals surface area contributed by atoms with Crippen LogP contribution in [0.2, 0.25) is 0 Å². The minimum Gasteiger partial charge on any atom is -0.462 e. The Morgan fingerprint density at radius 3 is 1.83 bits per heavy atom. The molecule has 0 aliphatic heterocycles. The topological polar surface area (TPSA) is 108 Å². The lowest BCUT2D eigenvalue weighted by molar-refractivity contribution is -0.870. The summed E-state index contributed by atoms with van der Waals surface area (Å²) >= 11 is 0. The summed E-state index contributed by atoms with van der Waals surface area (Å²) in [7, 11) is 1.47. The maximum atomic E-state index is 12.3. The number of phosphoric ester groups is 1. The highest BCUT2D eigenvalue weighted by Gasteiger charge is 2.27. The average Bonchev–Trinajstić information content (AvgIpc) is 2.79. The fourth-order valence-corrected chi connectivity index (χ4v) is 4.08. The molecule has 1 N–H and O–H groups in total. The van der Waals surface area contributed by atoms with E-state index in [2.05, 4.69) is 6.92 Å². The third-order valence-corrected chi connectivity index (χ3v) is 6.62. The maximum absolute atomic E-state index is 12.3. The Labute approximate surface area is 219 Å². The molecule has 0 bridgehead atoms. The molecule has 0 rings (SSSR count). The van der Waals surface area contributed by atoms with Gasteiger partial charge in [0.1, 0.15) is 19.8 Å². The van der Waals surface area contributed by atoms with Gasteiger partial charge in [0.05, 0.1) is 27.7 Å². The van der Waals surface area contributed by atoms with E-state index in [4.69, 9.17) is 18.5 Å². The monoisotopic (exact) mass is 538 g/mol. The van der Waals surface area contributed by atoms with Gasteiger partial charge in [-0.1, -0.05) is 78.1 Å². The molecule has 36 heavy (non-hydrogen) atoms. The summed E-state index contributed by atoms with van der Waals surface area (Å²) in [4.78, 5) is 34.1. The Morgan fingerprint density at radius 1 is 0.750 bits per heavy atom. The van der Waals surface area contributed by atoms with Gasteiger partial charge in [0, 0.05) is 12.8 Å². The molecular formula is C26H53NO8P+. The van der Waals surface area contributed by atoms with Crippen LogP contribution in [-0.2, 0) is 32.7 Å². The predicted molar refractivity (Wildman–Crippen MR) is 141 cm³/mol. The third kappa shape index (κ3) is 23.4. The summed E-state index contributed by atoms with van der Waals surface area (Å²) in [5, 5.41) is 0. The molecule has 0 aromatic rings. The van der Waals surface area contributed by atoms with Crippen LogP contribution >= 0.6 is 7.82 Å². The minimum absolute atomic E-state index is 0.0342. The predicted octanol–water partition coefficient (Wildman–Crippen LogP) is 5.78. The van der Waals surface area contributed by atoms with Gasteiger partial charge in [-0.3, -0.25) is 18.6 Å². The molecule has 0 heterocycles. The highest BCUT2D eigenvalue weighted by molar-refractivity contribution is 7.47. The summed E-state index contributed by atoms with van der Waals surface area (Å²) in [6.45, 7) is 4.10. The second-order valence-corrected chi connectivity index (χ2v) is 11.9. The van der Waals surface area contributed by atoms with Crippen LogP contribution in [0.25, 0.3) is 0 Å². The molecule has 2 unspecified atom stereocenters. The highest BCUT2D eigenvalue weighted by atomic mass is 31.2. The number of unbranched alkanes of at least 4 members (excludes halogenated alkanes) is 10. The van der Waals surface area contributed by atoms with Gasteiger partial charge in [0.15, 0.2) is 6.10 Å². The van der Waals surface area contributed by atoms with Gasteiger partial charge in [-0.05, 0) is 12.8 Å². The van der Waals surface area contributed by atoms with Gasteiger partial charge in [-0.25, -0.2) is 4.57 Å². The number of esters is 2. The van der Waals surface area contributed by atoms with E-state index >= 15 is 0 Å². The first-order chi connectivity index (χ1) is 17.0. The average molecular weight is 539 g/mol. The van der Waals surface area contributed by atoms with Crippen molar-refractivity contribution in [3.05, 3.63) is 0 Å². The van der Waals surface area contributed by atoms with Gasteiger partial charge in [0.2, 0.25) is 0 Å². The van der Waals surface area contributed by atoms with Crippen LogP contribution < -0.4 is 0 Å². The Morgan fingerprint density at radius 2 is 1.28 bits per heavy atom. The molecule has 9 nitrogen and oxygen atoms in total. The molecule has 0 aliphatic rings. The fourth-order valence-electron chi connectivity index (χ4n) is 3.34. The quantitative estimate of drug-likeness (QED) is 0.0713. The van der Waals surface area contributed by atoms with E-state index in [1.165, 1.54) is 44.9 Å². The summed E-state index contributed by atoms with van der Waals surface area (Å²) in [6, 6.07) is 0. The second-order valence-electron chi connectivity index (χ2n) is 10.4. The number of carbonyl (C=O) groups excluding carboxylic acids is 2. The van der Waals surface area contributed by atoms with Crippen molar-refractivity contribution in [1.82, 2.24) is 0 Å². The second kappa shape index (κ2) is 21.0. The molecule has 214 valence electrons. The Bertz CT molecular complexity index is 624. The lowest BCUT2D eigenvalue weighted by Gasteiger charge is -2.24. The van der Waals surface area contributed by atoms with Gasteiger partial charge >= 0.3 is 19.8 Å². The van der Waals surface area contributed by atoms with Crippen LogP contribution in [0, 0.1) is 0 Å². The van der Waals surface area contributed by atoms with Crippen molar-refractivity contribution in [2.24, 2.45) is 0 Å². The number of hydrogen-bond acceptors (Lipinski definition) is 7. The van der Waals surface area contributed by atoms with Crippen molar-refractivity contribution in [2.45, 2.75) is 110 Å². The van der Waals surface area contributed by atoms with Crippen LogP contribution in [0.5, 0.6) is 0 Å². The molecule has 0 aliphatic carbocycles. The Hall–Kier alpha value is -0.990. The summed E-state index contributed by atoms with van der Waals surface area (Å²) in [5.74, 6) is -0.842. The van der Waals surface area contributed by atoms with Gasteiger partial charge < -0.3 is 18.9 Å².